The number of non-ortho nitro benzene ring substituents is 1. The van der Waals surface area contributed by atoms with Crippen molar-refractivity contribution in [3.63, 3.8) is 0 Å². The van der Waals surface area contributed by atoms with Gasteiger partial charge in [0.1, 0.15) is 5.82 Å². The largest absolute Gasteiger partial charge is 0.469 e. The van der Waals surface area contributed by atoms with Crippen LogP contribution < -0.4 is 0 Å². The second-order valence-corrected chi connectivity index (χ2v) is 4.15. The van der Waals surface area contributed by atoms with Crippen molar-refractivity contribution < 1.29 is 28.4 Å². The summed E-state index contributed by atoms with van der Waals surface area (Å²) < 4.78 is 23.0. The minimum absolute atomic E-state index is 0.0198. The number of nitro groups is 1. The molecule has 23 heavy (non-hydrogen) atoms. The summed E-state index contributed by atoms with van der Waals surface area (Å²) in [5.41, 5.74) is -0.482. The van der Waals surface area contributed by atoms with Crippen LogP contribution in [-0.2, 0) is 19.1 Å². The number of carbonyl (C=O) groups is 2. The molecule has 1 rings (SSSR count). The van der Waals surface area contributed by atoms with Crippen LogP contribution in [0.5, 0.6) is 0 Å². The van der Waals surface area contributed by atoms with Crippen molar-refractivity contribution in [1.82, 2.24) is 0 Å². The van der Waals surface area contributed by atoms with E-state index in [0.29, 0.717) is 0 Å². The van der Waals surface area contributed by atoms with E-state index in [0.717, 1.165) is 25.3 Å². The molecule has 0 saturated carbocycles. The summed E-state index contributed by atoms with van der Waals surface area (Å²) in [5, 5.41) is 10.6. The minimum atomic E-state index is -1.03. The zero-order valence-corrected chi connectivity index (χ0v) is 13.5. The predicted octanol–water partition coefficient (Wildman–Crippen LogP) is 2.97. The molecule has 0 amide bonds. The van der Waals surface area contributed by atoms with Crippen LogP contribution in [0.3, 0.4) is 0 Å². The lowest BCUT2D eigenvalue weighted by atomic mass is 9.93. The first-order valence-corrected chi connectivity index (χ1v) is 6.99. The highest BCUT2D eigenvalue weighted by Gasteiger charge is 2.26. The van der Waals surface area contributed by atoms with Crippen LogP contribution >= 0.6 is 0 Å². The Labute approximate surface area is 133 Å². The lowest BCUT2D eigenvalue weighted by Gasteiger charge is -2.15. The van der Waals surface area contributed by atoms with Gasteiger partial charge < -0.3 is 9.47 Å². The van der Waals surface area contributed by atoms with Crippen LogP contribution in [0.2, 0.25) is 0 Å². The Kier molecular flexibility index (Phi) is 9.14. The first kappa shape index (κ1) is 20.5. The molecule has 0 radical (unpaired) electrons. The fourth-order valence-corrected chi connectivity index (χ4v) is 1.82. The number of halogens is 1. The van der Waals surface area contributed by atoms with Gasteiger partial charge in [-0.1, -0.05) is 13.8 Å². The van der Waals surface area contributed by atoms with E-state index in [1.54, 1.807) is 0 Å². The first-order chi connectivity index (χ1) is 10.9. The molecule has 7 nitrogen and oxygen atoms in total. The first-order valence-electron chi connectivity index (χ1n) is 6.99. The lowest BCUT2D eigenvalue weighted by Crippen LogP contribution is -2.17. The standard InChI is InChI=1S/C13H14FNO6.C2H6/c1-20-12(16)6-5-10(13(17)21-2)9-4-3-8(15(18)19)7-11(9)14;1-2/h3-4,7,10H,5-6H2,1-2H3;1-2H3. The molecule has 0 spiro atoms. The van der Waals surface area contributed by atoms with Crippen LogP contribution in [0.1, 0.15) is 38.2 Å². The highest BCUT2D eigenvalue weighted by molar-refractivity contribution is 5.79. The number of esters is 2. The van der Waals surface area contributed by atoms with E-state index in [2.05, 4.69) is 9.47 Å². The van der Waals surface area contributed by atoms with Crippen LogP contribution in [0.15, 0.2) is 18.2 Å². The average molecular weight is 329 g/mol. The molecule has 8 heteroatoms. The van der Waals surface area contributed by atoms with Crippen LogP contribution in [0, 0.1) is 15.9 Å². The third-order valence-corrected chi connectivity index (χ3v) is 2.92. The molecule has 0 aliphatic carbocycles. The summed E-state index contributed by atoms with van der Waals surface area (Å²) in [5.74, 6) is -3.21. The molecule has 0 aliphatic rings. The summed E-state index contributed by atoms with van der Waals surface area (Å²) in [7, 11) is 2.33. The quantitative estimate of drug-likeness (QED) is 0.452. The number of nitro benzene ring substituents is 1. The second kappa shape index (κ2) is 10.3. The molecule has 1 unspecified atom stereocenters. The van der Waals surface area contributed by atoms with Gasteiger partial charge in [-0.2, -0.15) is 0 Å². The summed E-state index contributed by atoms with van der Waals surface area (Å²) in [6.45, 7) is 4.00. The number of hydrogen-bond donors (Lipinski definition) is 0. The van der Waals surface area contributed by atoms with E-state index < -0.39 is 34.3 Å². The monoisotopic (exact) mass is 329 g/mol. The minimum Gasteiger partial charge on any atom is -0.469 e. The molecule has 0 aromatic heterocycles. The maximum Gasteiger partial charge on any atom is 0.313 e. The van der Waals surface area contributed by atoms with Crippen molar-refractivity contribution in [3.05, 3.63) is 39.7 Å². The van der Waals surface area contributed by atoms with E-state index in [1.165, 1.54) is 7.11 Å². The Balaban J connectivity index is 0.00000232. The van der Waals surface area contributed by atoms with E-state index in [4.69, 9.17) is 0 Å². The van der Waals surface area contributed by atoms with Gasteiger partial charge in [-0.25, -0.2) is 4.39 Å². The van der Waals surface area contributed by atoms with Gasteiger partial charge in [0.05, 0.1) is 31.1 Å². The number of methoxy groups -OCH3 is 2. The smallest absolute Gasteiger partial charge is 0.313 e. The predicted molar refractivity (Wildman–Crippen MR) is 80.4 cm³/mol. The number of nitrogens with zero attached hydrogens (tertiary/aromatic N) is 1. The number of benzene rings is 1. The highest BCUT2D eigenvalue weighted by atomic mass is 19.1. The lowest BCUT2D eigenvalue weighted by molar-refractivity contribution is -0.385. The second-order valence-electron chi connectivity index (χ2n) is 4.15. The molecule has 0 saturated heterocycles. The highest BCUT2D eigenvalue weighted by Crippen LogP contribution is 2.28. The molecule has 128 valence electrons. The van der Waals surface area contributed by atoms with Crippen molar-refractivity contribution in [2.45, 2.75) is 32.6 Å². The fourth-order valence-electron chi connectivity index (χ4n) is 1.82. The summed E-state index contributed by atoms with van der Waals surface area (Å²) in [4.78, 5) is 32.7. The Bertz CT molecular complexity index is 561. The van der Waals surface area contributed by atoms with Gasteiger partial charge in [-0.15, -0.1) is 0 Å². The van der Waals surface area contributed by atoms with Gasteiger partial charge in [0.2, 0.25) is 0 Å². The van der Waals surface area contributed by atoms with Gasteiger partial charge in [-0.05, 0) is 12.5 Å². The number of hydrogen-bond acceptors (Lipinski definition) is 6. The molecule has 0 aliphatic heterocycles. The van der Waals surface area contributed by atoms with E-state index >= 15 is 0 Å². The topological polar surface area (TPSA) is 95.7 Å². The molecule has 0 fully saturated rings. The fraction of sp³-hybridized carbons (Fsp3) is 0.467. The van der Waals surface area contributed by atoms with Gasteiger partial charge in [0.15, 0.2) is 0 Å². The van der Waals surface area contributed by atoms with E-state index in [1.807, 2.05) is 13.8 Å². The third-order valence-electron chi connectivity index (χ3n) is 2.92. The Morgan fingerprint density at radius 3 is 2.30 bits per heavy atom. The molecule has 0 bridgehead atoms. The summed E-state index contributed by atoms with van der Waals surface area (Å²) in [6, 6.07) is 2.96. The van der Waals surface area contributed by atoms with E-state index in [9.17, 15) is 24.1 Å². The van der Waals surface area contributed by atoms with Crippen molar-refractivity contribution in [1.29, 1.82) is 0 Å². The van der Waals surface area contributed by atoms with Crippen LogP contribution in [-0.4, -0.2) is 31.1 Å². The Morgan fingerprint density at radius 1 is 1.26 bits per heavy atom. The van der Waals surface area contributed by atoms with Gasteiger partial charge in [0.25, 0.3) is 5.69 Å². The zero-order valence-electron chi connectivity index (χ0n) is 13.5. The Morgan fingerprint density at radius 2 is 1.87 bits per heavy atom. The average Bonchev–Trinajstić information content (AvgIpc) is 2.57. The van der Waals surface area contributed by atoms with Crippen LogP contribution in [0.25, 0.3) is 0 Å². The van der Waals surface area contributed by atoms with Gasteiger partial charge in [-0.3, -0.25) is 19.7 Å². The maximum atomic E-state index is 13.9. The molecule has 0 heterocycles. The van der Waals surface area contributed by atoms with Gasteiger partial charge >= 0.3 is 11.9 Å². The Hall–Kier alpha value is -2.51. The van der Waals surface area contributed by atoms with Crippen molar-refractivity contribution in [2.75, 3.05) is 14.2 Å². The SMILES string of the molecule is CC.COC(=O)CCC(C(=O)OC)c1ccc([N+](=O)[O-])cc1F. The molecule has 1 aromatic rings. The van der Waals surface area contributed by atoms with E-state index in [-0.39, 0.29) is 18.4 Å². The molecular formula is C15H20FNO6. The molecule has 0 N–H and O–H groups in total. The number of carbonyl (C=O) groups excluding carboxylic acids is 2. The third kappa shape index (κ3) is 6.01. The number of ether oxygens (including phenoxy) is 2. The van der Waals surface area contributed by atoms with Gasteiger partial charge in [0, 0.05) is 18.1 Å². The van der Waals surface area contributed by atoms with Crippen molar-refractivity contribution >= 4 is 17.6 Å². The maximum absolute atomic E-state index is 13.9. The van der Waals surface area contributed by atoms with Crippen LogP contribution in [0.4, 0.5) is 10.1 Å². The zero-order chi connectivity index (χ0) is 18.0. The summed E-state index contributed by atoms with van der Waals surface area (Å²) >= 11 is 0. The normalized spacial score (nSPS) is 10.8. The van der Waals surface area contributed by atoms with Crippen molar-refractivity contribution in [3.8, 4) is 0 Å². The molecule has 1 atom stereocenters. The summed E-state index contributed by atoms with van der Waals surface area (Å²) in [6.07, 6.45) is -0.124. The molecule has 1 aromatic carbocycles. The number of rotatable bonds is 6. The molecular weight excluding hydrogens is 309 g/mol. The van der Waals surface area contributed by atoms with Crippen molar-refractivity contribution in [2.24, 2.45) is 0 Å².